The molecule has 1 heterocycles. The first-order valence-corrected chi connectivity index (χ1v) is 6.28. The van der Waals surface area contributed by atoms with Gasteiger partial charge in [0.05, 0.1) is 5.56 Å². The monoisotopic (exact) mass is 247 g/mol. The Hall–Kier alpha value is -1.76. The predicted molar refractivity (Wildman–Crippen MR) is 74.0 cm³/mol. The highest BCUT2D eigenvalue weighted by Gasteiger charge is 2.13. The maximum absolute atomic E-state index is 5.62. The van der Waals surface area contributed by atoms with Crippen LogP contribution in [0.3, 0.4) is 0 Å². The minimum absolute atomic E-state index is 0.262. The van der Waals surface area contributed by atoms with Gasteiger partial charge in [-0.2, -0.15) is 4.98 Å². The number of anilines is 1. The van der Waals surface area contributed by atoms with E-state index in [0.717, 1.165) is 23.8 Å². The quantitative estimate of drug-likeness (QED) is 0.620. The molecule has 0 radical (unpaired) electrons. The van der Waals surface area contributed by atoms with Gasteiger partial charge in [-0.15, -0.1) is 12.3 Å². The summed E-state index contributed by atoms with van der Waals surface area (Å²) in [5.74, 6) is 5.06. The molecule has 1 aromatic heterocycles. The highest BCUT2D eigenvalue weighted by molar-refractivity contribution is 5.48. The van der Waals surface area contributed by atoms with Crippen molar-refractivity contribution in [2.45, 2.75) is 40.0 Å². The minimum atomic E-state index is 0.262. The summed E-state index contributed by atoms with van der Waals surface area (Å²) in [5.41, 5.74) is 0.929. The summed E-state index contributed by atoms with van der Waals surface area (Å²) in [4.78, 5) is 8.95. The van der Waals surface area contributed by atoms with Gasteiger partial charge in [0, 0.05) is 18.9 Å². The van der Waals surface area contributed by atoms with Crippen molar-refractivity contribution in [3.05, 3.63) is 11.4 Å². The van der Waals surface area contributed by atoms with Crippen LogP contribution in [0.2, 0.25) is 0 Å². The molecule has 0 aromatic carbocycles. The molecular formula is C14H21N3O. The molecule has 0 amide bonds. The van der Waals surface area contributed by atoms with Crippen molar-refractivity contribution in [2.24, 2.45) is 0 Å². The van der Waals surface area contributed by atoms with Crippen LogP contribution in [0.4, 0.5) is 5.82 Å². The Bertz CT molecular complexity index is 435. The fraction of sp³-hybridized carbons (Fsp3) is 0.571. The molecule has 98 valence electrons. The van der Waals surface area contributed by atoms with Crippen LogP contribution in [0.15, 0.2) is 0 Å². The minimum Gasteiger partial charge on any atom is -0.476 e. The second kappa shape index (κ2) is 6.85. The number of nitrogens with one attached hydrogen (secondary N) is 1. The predicted octanol–water partition coefficient (Wildman–Crippen LogP) is 2.74. The van der Waals surface area contributed by atoms with Crippen molar-refractivity contribution in [1.82, 2.24) is 9.97 Å². The number of rotatable bonds is 6. The highest BCUT2D eigenvalue weighted by Crippen LogP contribution is 2.24. The molecule has 0 aliphatic carbocycles. The standard InChI is InChI=1S/C14H21N3O/c1-6-8-9-18-14-11(5)13(15-7-2)16-12(17-14)10(3)4/h1,10H,7-9H2,2-5H3,(H,15,16,17). The lowest BCUT2D eigenvalue weighted by atomic mass is 10.2. The molecule has 0 aliphatic rings. The summed E-state index contributed by atoms with van der Waals surface area (Å²) in [6.07, 6.45) is 5.79. The molecule has 0 atom stereocenters. The average molecular weight is 247 g/mol. The van der Waals surface area contributed by atoms with Gasteiger partial charge in [-0.25, -0.2) is 4.98 Å². The fourth-order valence-electron chi connectivity index (χ4n) is 1.46. The zero-order chi connectivity index (χ0) is 13.5. The number of aromatic nitrogens is 2. The molecular weight excluding hydrogens is 226 g/mol. The Morgan fingerprint density at radius 3 is 2.67 bits per heavy atom. The first kappa shape index (κ1) is 14.3. The van der Waals surface area contributed by atoms with Crippen LogP contribution >= 0.6 is 0 Å². The van der Waals surface area contributed by atoms with Gasteiger partial charge in [-0.1, -0.05) is 13.8 Å². The van der Waals surface area contributed by atoms with Gasteiger partial charge in [-0.3, -0.25) is 0 Å². The second-order valence-corrected chi connectivity index (χ2v) is 4.35. The molecule has 0 unspecified atom stereocenters. The summed E-state index contributed by atoms with van der Waals surface area (Å²) < 4.78 is 5.62. The SMILES string of the molecule is C#CCCOc1nc(C(C)C)nc(NCC)c1C. The smallest absolute Gasteiger partial charge is 0.221 e. The topological polar surface area (TPSA) is 47.0 Å². The fourth-order valence-corrected chi connectivity index (χ4v) is 1.46. The third kappa shape index (κ3) is 3.63. The van der Waals surface area contributed by atoms with E-state index in [2.05, 4.69) is 35.1 Å². The number of nitrogens with zero attached hydrogens (tertiary/aromatic N) is 2. The van der Waals surface area contributed by atoms with E-state index in [1.54, 1.807) is 0 Å². The third-order valence-corrected chi connectivity index (χ3v) is 2.46. The number of terminal acetylenes is 1. The van der Waals surface area contributed by atoms with Crippen molar-refractivity contribution in [1.29, 1.82) is 0 Å². The molecule has 0 spiro atoms. The van der Waals surface area contributed by atoms with Gasteiger partial charge in [0.2, 0.25) is 5.88 Å². The Morgan fingerprint density at radius 1 is 1.39 bits per heavy atom. The Labute approximate surface area is 109 Å². The Kier molecular flexibility index (Phi) is 5.44. The van der Waals surface area contributed by atoms with Crippen LogP contribution < -0.4 is 10.1 Å². The first-order valence-electron chi connectivity index (χ1n) is 6.28. The third-order valence-electron chi connectivity index (χ3n) is 2.46. The van der Waals surface area contributed by atoms with Crippen molar-refractivity contribution < 1.29 is 4.74 Å². The van der Waals surface area contributed by atoms with Crippen LogP contribution in [0, 0.1) is 19.3 Å². The molecule has 0 fully saturated rings. The summed E-state index contributed by atoms with van der Waals surface area (Å²) in [6, 6.07) is 0. The summed E-state index contributed by atoms with van der Waals surface area (Å²) in [6.45, 7) is 9.41. The van der Waals surface area contributed by atoms with Gasteiger partial charge in [0.1, 0.15) is 18.2 Å². The van der Waals surface area contributed by atoms with Crippen LogP contribution in [0.1, 0.15) is 44.5 Å². The molecule has 18 heavy (non-hydrogen) atoms. The van der Waals surface area contributed by atoms with Crippen LogP contribution in [-0.2, 0) is 0 Å². The lowest BCUT2D eigenvalue weighted by Gasteiger charge is -2.14. The normalized spacial score (nSPS) is 10.2. The second-order valence-electron chi connectivity index (χ2n) is 4.35. The van der Waals surface area contributed by atoms with E-state index in [1.807, 2.05) is 13.8 Å². The summed E-state index contributed by atoms with van der Waals surface area (Å²) in [7, 11) is 0. The highest BCUT2D eigenvalue weighted by atomic mass is 16.5. The van der Waals surface area contributed by atoms with E-state index in [9.17, 15) is 0 Å². The first-order chi connectivity index (χ1) is 8.60. The molecule has 4 nitrogen and oxygen atoms in total. The average Bonchev–Trinajstić information content (AvgIpc) is 2.33. The van der Waals surface area contributed by atoms with Gasteiger partial charge >= 0.3 is 0 Å². The van der Waals surface area contributed by atoms with Gasteiger partial charge in [0.25, 0.3) is 0 Å². The molecule has 0 bridgehead atoms. The van der Waals surface area contributed by atoms with E-state index in [-0.39, 0.29) is 5.92 Å². The summed E-state index contributed by atoms with van der Waals surface area (Å²) >= 11 is 0. The molecule has 1 aromatic rings. The Balaban J connectivity index is 3.02. The lowest BCUT2D eigenvalue weighted by Crippen LogP contribution is -2.10. The van der Waals surface area contributed by atoms with E-state index in [0.29, 0.717) is 18.9 Å². The number of hydrogen-bond acceptors (Lipinski definition) is 4. The summed E-state index contributed by atoms with van der Waals surface area (Å²) in [5, 5.41) is 3.23. The van der Waals surface area contributed by atoms with Crippen LogP contribution in [0.25, 0.3) is 0 Å². The van der Waals surface area contributed by atoms with Gasteiger partial charge in [0.15, 0.2) is 0 Å². The maximum Gasteiger partial charge on any atom is 0.221 e. The largest absolute Gasteiger partial charge is 0.476 e. The maximum atomic E-state index is 5.62. The van der Waals surface area contributed by atoms with E-state index < -0.39 is 0 Å². The molecule has 0 saturated carbocycles. The molecule has 1 rings (SSSR count). The van der Waals surface area contributed by atoms with Gasteiger partial charge < -0.3 is 10.1 Å². The Morgan fingerprint density at radius 2 is 2.11 bits per heavy atom. The van der Waals surface area contributed by atoms with Crippen molar-refractivity contribution >= 4 is 5.82 Å². The van der Waals surface area contributed by atoms with E-state index >= 15 is 0 Å². The number of ether oxygens (including phenoxy) is 1. The van der Waals surface area contributed by atoms with Crippen LogP contribution in [-0.4, -0.2) is 23.1 Å². The molecule has 0 aliphatic heterocycles. The van der Waals surface area contributed by atoms with Crippen molar-refractivity contribution in [3.63, 3.8) is 0 Å². The molecule has 1 N–H and O–H groups in total. The van der Waals surface area contributed by atoms with E-state index in [4.69, 9.17) is 11.2 Å². The lowest BCUT2D eigenvalue weighted by molar-refractivity contribution is 0.310. The zero-order valence-electron chi connectivity index (χ0n) is 11.6. The van der Waals surface area contributed by atoms with Crippen LogP contribution in [0.5, 0.6) is 5.88 Å². The zero-order valence-corrected chi connectivity index (χ0v) is 11.6. The van der Waals surface area contributed by atoms with E-state index in [1.165, 1.54) is 0 Å². The van der Waals surface area contributed by atoms with Crippen molar-refractivity contribution in [2.75, 3.05) is 18.5 Å². The number of hydrogen-bond donors (Lipinski definition) is 1. The molecule has 4 heteroatoms. The van der Waals surface area contributed by atoms with Gasteiger partial charge in [-0.05, 0) is 13.8 Å². The van der Waals surface area contributed by atoms with Crippen molar-refractivity contribution in [3.8, 4) is 18.2 Å². The molecule has 0 saturated heterocycles.